The van der Waals surface area contributed by atoms with Gasteiger partial charge in [0, 0.05) is 18.0 Å². The smallest absolute Gasteiger partial charge is 0.109 e. The Bertz CT molecular complexity index is 473. The van der Waals surface area contributed by atoms with Crippen LogP contribution in [0.15, 0.2) is 18.2 Å². The van der Waals surface area contributed by atoms with Crippen molar-refractivity contribution >= 4 is 22.6 Å². The number of hydrogen-bond acceptors (Lipinski definition) is 1. The van der Waals surface area contributed by atoms with E-state index in [-0.39, 0.29) is 0 Å². The fourth-order valence-corrected chi connectivity index (χ4v) is 2.15. The van der Waals surface area contributed by atoms with Crippen LogP contribution in [0.2, 0.25) is 5.02 Å². The molecular weight excluding hydrogens is 184 g/mol. The van der Waals surface area contributed by atoms with Crippen molar-refractivity contribution in [2.45, 2.75) is 19.4 Å². The summed E-state index contributed by atoms with van der Waals surface area (Å²) in [6, 6.07) is 5.92. The van der Waals surface area contributed by atoms with Gasteiger partial charge in [-0.15, -0.1) is 0 Å². The summed E-state index contributed by atoms with van der Waals surface area (Å²) >= 11 is 5.89. The van der Waals surface area contributed by atoms with E-state index in [1.54, 1.807) is 0 Å². The molecule has 0 bridgehead atoms. The number of nitrogens with zero attached hydrogens (tertiary/aromatic N) is 2. The zero-order valence-corrected chi connectivity index (χ0v) is 7.88. The molecule has 1 aromatic carbocycles. The van der Waals surface area contributed by atoms with E-state index in [4.69, 9.17) is 11.6 Å². The van der Waals surface area contributed by atoms with Crippen molar-refractivity contribution in [3.63, 3.8) is 0 Å². The van der Waals surface area contributed by atoms with Gasteiger partial charge in [0.1, 0.15) is 5.82 Å². The maximum Gasteiger partial charge on any atom is 0.109 e. The summed E-state index contributed by atoms with van der Waals surface area (Å²) in [6.07, 6.45) is 2.33. The zero-order valence-electron chi connectivity index (χ0n) is 7.13. The fourth-order valence-electron chi connectivity index (χ4n) is 1.99. The first kappa shape index (κ1) is 7.39. The minimum atomic E-state index is 0.768. The van der Waals surface area contributed by atoms with Crippen molar-refractivity contribution in [3.05, 3.63) is 29.0 Å². The lowest BCUT2D eigenvalue weighted by Crippen LogP contribution is -1.90. The molecule has 0 radical (unpaired) electrons. The van der Waals surface area contributed by atoms with Crippen LogP contribution in [0, 0.1) is 0 Å². The van der Waals surface area contributed by atoms with E-state index >= 15 is 0 Å². The number of halogens is 1. The van der Waals surface area contributed by atoms with Crippen molar-refractivity contribution in [3.8, 4) is 0 Å². The van der Waals surface area contributed by atoms with Crippen LogP contribution >= 0.6 is 11.6 Å². The minimum absolute atomic E-state index is 0.768. The molecule has 3 heteroatoms. The van der Waals surface area contributed by atoms with Crippen molar-refractivity contribution < 1.29 is 0 Å². The molecule has 0 N–H and O–H groups in total. The van der Waals surface area contributed by atoms with Crippen molar-refractivity contribution in [1.82, 2.24) is 9.55 Å². The number of benzene rings is 1. The molecular formula is C10H9ClN2. The number of imidazole rings is 1. The van der Waals surface area contributed by atoms with Crippen molar-refractivity contribution in [2.24, 2.45) is 0 Å². The monoisotopic (exact) mass is 192 g/mol. The summed E-state index contributed by atoms with van der Waals surface area (Å²) < 4.78 is 2.28. The van der Waals surface area contributed by atoms with Crippen LogP contribution < -0.4 is 0 Å². The van der Waals surface area contributed by atoms with Crippen LogP contribution in [-0.2, 0) is 13.0 Å². The second kappa shape index (κ2) is 2.48. The number of rotatable bonds is 0. The Morgan fingerprint density at radius 3 is 3.23 bits per heavy atom. The Hall–Kier alpha value is -1.02. The second-order valence-electron chi connectivity index (χ2n) is 3.42. The molecule has 1 aliphatic heterocycles. The van der Waals surface area contributed by atoms with Gasteiger partial charge in [-0.1, -0.05) is 11.6 Å². The molecule has 3 rings (SSSR count). The standard InChI is InChI=1S/C10H9ClN2/c11-7-3-4-9-8(6-7)12-10-2-1-5-13(9)10/h3-4,6H,1-2,5H2. The Balaban J connectivity index is 2.38. The molecule has 1 aliphatic rings. The van der Waals surface area contributed by atoms with Crippen LogP contribution in [0.1, 0.15) is 12.2 Å². The van der Waals surface area contributed by atoms with Crippen LogP contribution in [0.4, 0.5) is 0 Å². The lowest BCUT2D eigenvalue weighted by atomic mass is 10.3. The van der Waals surface area contributed by atoms with E-state index in [0.717, 1.165) is 23.5 Å². The average Bonchev–Trinajstić information content (AvgIpc) is 2.62. The van der Waals surface area contributed by atoms with Crippen LogP contribution in [0.5, 0.6) is 0 Å². The third-order valence-electron chi connectivity index (χ3n) is 2.57. The highest BCUT2D eigenvalue weighted by Gasteiger charge is 2.15. The van der Waals surface area contributed by atoms with E-state index < -0.39 is 0 Å². The van der Waals surface area contributed by atoms with Crippen molar-refractivity contribution in [2.75, 3.05) is 0 Å². The van der Waals surface area contributed by atoms with Gasteiger partial charge in [0.25, 0.3) is 0 Å². The summed E-state index contributed by atoms with van der Waals surface area (Å²) in [5.74, 6) is 1.21. The molecule has 0 saturated carbocycles. The second-order valence-corrected chi connectivity index (χ2v) is 3.85. The Labute approximate surface area is 81.1 Å². The van der Waals surface area contributed by atoms with Gasteiger partial charge in [0.15, 0.2) is 0 Å². The lowest BCUT2D eigenvalue weighted by Gasteiger charge is -1.97. The summed E-state index contributed by atoms with van der Waals surface area (Å²) in [6.45, 7) is 1.10. The quantitative estimate of drug-likeness (QED) is 0.628. The third kappa shape index (κ3) is 0.985. The van der Waals surface area contributed by atoms with Crippen molar-refractivity contribution in [1.29, 1.82) is 0 Å². The van der Waals surface area contributed by atoms with Crippen LogP contribution in [0.25, 0.3) is 11.0 Å². The van der Waals surface area contributed by atoms with E-state index in [2.05, 4.69) is 15.6 Å². The number of aryl methyl sites for hydroxylation is 2. The molecule has 0 amide bonds. The maximum absolute atomic E-state index is 5.89. The average molecular weight is 193 g/mol. The predicted octanol–water partition coefficient (Wildman–Crippen LogP) is 2.64. The molecule has 1 aromatic heterocycles. The van der Waals surface area contributed by atoms with E-state index in [9.17, 15) is 0 Å². The maximum atomic E-state index is 5.89. The minimum Gasteiger partial charge on any atom is -0.328 e. The van der Waals surface area contributed by atoms with Gasteiger partial charge in [-0.2, -0.15) is 0 Å². The number of hydrogen-bond donors (Lipinski definition) is 0. The van der Waals surface area contributed by atoms with Crippen LogP contribution in [0.3, 0.4) is 0 Å². The Kier molecular flexibility index (Phi) is 1.41. The molecule has 0 saturated heterocycles. The van der Waals surface area contributed by atoms with Gasteiger partial charge in [-0.3, -0.25) is 0 Å². The predicted molar refractivity (Wildman–Crippen MR) is 53.1 cm³/mol. The molecule has 66 valence electrons. The van der Waals surface area contributed by atoms with E-state index in [1.807, 2.05) is 12.1 Å². The third-order valence-corrected chi connectivity index (χ3v) is 2.81. The first-order valence-electron chi connectivity index (χ1n) is 4.49. The van der Waals surface area contributed by atoms with Crippen LogP contribution in [-0.4, -0.2) is 9.55 Å². The highest BCUT2D eigenvalue weighted by atomic mass is 35.5. The van der Waals surface area contributed by atoms with Gasteiger partial charge in [-0.25, -0.2) is 4.98 Å². The van der Waals surface area contributed by atoms with E-state index in [0.29, 0.717) is 0 Å². The molecule has 0 unspecified atom stereocenters. The topological polar surface area (TPSA) is 17.8 Å². The molecule has 0 aliphatic carbocycles. The van der Waals surface area contributed by atoms with Gasteiger partial charge < -0.3 is 4.57 Å². The fraction of sp³-hybridized carbons (Fsp3) is 0.300. The Morgan fingerprint density at radius 2 is 2.31 bits per heavy atom. The van der Waals surface area contributed by atoms with Gasteiger partial charge in [-0.05, 0) is 24.6 Å². The SMILES string of the molecule is Clc1ccc2c(c1)nc1n2CCC1. The lowest BCUT2D eigenvalue weighted by molar-refractivity contribution is 0.771. The molecule has 2 heterocycles. The van der Waals surface area contributed by atoms with E-state index in [1.165, 1.54) is 17.8 Å². The van der Waals surface area contributed by atoms with Gasteiger partial charge in [0.05, 0.1) is 11.0 Å². The molecule has 2 aromatic rings. The zero-order chi connectivity index (χ0) is 8.84. The largest absolute Gasteiger partial charge is 0.328 e. The highest BCUT2D eigenvalue weighted by Crippen LogP contribution is 2.24. The molecule has 0 fully saturated rings. The van der Waals surface area contributed by atoms with Gasteiger partial charge in [0.2, 0.25) is 0 Å². The molecule has 13 heavy (non-hydrogen) atoms. The summed E-state index contributed by atoms with van der Waals surface area (Å²) in [5.41, 5.74) is 2.25. The normalized spacial score (nSPS) is 15.2. The summed E-state index contributed by atoms with van der Waals surface area (Å²) in [7, 11) is 0. The molecule has 2 nitrogen and oxygen atoms in total. The number of aromatic nitrogens is 2. The summed E-state index contributed by atoms with van der Waals surface area (Å²) in [5, 5.41) is 0.768. The molecule has 0 atom stereocenters. The highest BCUT2D eigenvalue weighted by molar-refractivity contribution is 6.31. The summed E-state index contributed by atoms with van der Waals surface area (Å²) in [4.78, 5) is 4.53. The number of fused-ring (bicyclic) bond motifs is 3. The molecule has 0 spiro atoms. The van der Waals surface area contributed by atoms with Gasteiger partial charge >= 0.3 is 0 Å². The first-order chi connectivity index (χ1) is 6.34. The Morgan fingerprint density at radius 1 is 1.38 bits per heavy atom. The first-order valence-corrected chi connectivity index (χ1v) is 4.87.